The Morgan fingerprint density at radius 2 is 2.15 bits per heavy atom. The van der Waals surface area contributed by atoms with Gasteiger partial charge in [0.05, 0.1) is 17.2 Å². The van der Waals surface area contributed by atoms with Gasteiger partial charge in [0.2, 0.25) is 0 Å². The Morgan fingerprint density at radius 3 is 2.85 bits per heavy atom. The number of carboxylic acid groups (broad SMARTS) is 1. The normalized spacial score (nSPS) is 31.0. The van der Waals surface area contributed by atoms with Crippen LogP contribution in [0, 0.1) is 36.0 Å². The topological polar surface area (TPSA) is 73.1 Å². The zero-order valence-corrected chi connectivity index (χ0v) is 11.5. The minimum atomic E-state index is -0.708. The standard InChI is InChI=1S/C16H18N2O2/c1-9-2-3-12(8-17)13(6-9)18-15-11-5-4-10(7-11)14(15)16(19)20/h2-3,6,10-11,14-15,18H,4-5,7H2,1H3,(H,19,20). The average Bonchev–Trinajstić information content (AvgIpc) is 2.99. The Balaban J connectivity index is 1.89. The highest BCUT2D eigenvalue weighted by Gasteiger charge is 2.51. The summed E-state index contributed by atoms with van der Waals surface area (Å²) < 4.78 is 0. The molecule has 104 valence electrons. The highest BCUT2D eigenvalue weighted by Crippen LogP contribution is 2.49. The molecular formula is C16H18N2O2. The molecule has 2 fully saturated rings. The third kappa shape index (κ3) is 2.03. The van der Waals surface area contributed by atoms with Crippen LogP contribution < -0.4 is 5.32 Å². The molecule has 4 nitrogen and oxygen atoms in total. The number of benzene rings is 1. The largest absolute Gasteiger partial charge is 0.481 e. The molecule has 0 heterocycles. The van der Waals surface area contributed by atoms with Crippen LogP contribution in [0.3, 0.4) is 0 Å². The Kier molecular flexibility index (Phi) is 3.13. The fourth-order valence-electron chi connectivity index (χ4n) is 3.91. The summed E-state index contributed by atoms with van der Waals surface area (Å²) in [5.41, 5.74) is 2.43. The highest BCUT2D eigenvalue weighted by atomic mass is 16.4. The second-order valence-corrected chi connectivity index (χ2v) is 6.03. The van der Waals surface area contributed by atoms with E-state index in [1.807, 2.05) is 19.1 Å². The van der Waals surface area contributed by atoms with E-state index in [0.29, 0.717) is 17.4 Å². The smallest absolute Gasteiger partial charge is 0.308 e. The Morgan fingerprint density at radius 1 is 1.40 bits per heavy atom. The van der Waals surface area contributed by atoms with Crippen molar-refractivity contribution in [1.82, 2.24) is 0 Å². The van der Waals surface area contributed by atoms with Crippen LogP contribution in [0.4, 0.5) is 5.69 Å². The summed E-state index contributed by atoms with van der Waals surface area (Å²) in [6, 6.07) is 7.76. The van der Waals surface area contributed by atoms with Gasteiger partial charge in [0.15, 0.2) is 0 Å². The van der Waals surface area contributed by atoms with Gasteiger partial charge in [-0.15, -0.1) is 0 Å². The van der Waals surface area contributed by atoms with Gasteiger partial charge in [-0.2, -0.15) is 5.26 Å². The molecule has 0 spiro atoms. The maximum Gasteiger partial charge on any atom is 0.308 e. The number of hydrogen-bond acceptors (Lipinski definition) is 3. The second-order valence-electron chi connectivity index (χ2n) is 6.03. The molecule has 4 heteroatoms. The molecule has 2 aliphatic rings. The first-order valence-electron chi connectivity index (χ1n) is 7.10. The van der Waals surface area contributed by atoms with Crippen molar-refractivity contribution in [2.75, 3.05) is 5.32 Å². The Labute approximate surface area is 118 Å². The molecule has 0 amide bonds. The molecule has 0 aliphatic heterocycles. The van der Waals surface area contributed by atoms with Gasteiger partial charge in [-0.25, -0.2) is 0 Å². The molecule has 4 unspecified atom stereocenters. The minimum Gasteiger partial charge on any atom is -0.481 e. The molecule has 3 rings (SSSR count). The number of carboxylic acids is 1. The predicted molar refractivity (Wildman–Crippen MR) is 75.3 cm³/mol. The van der Waals surface area contributed by atoms with Crippen LogP contribution >= 0.6 is 0 Å². The number of aryl methyl sites for hydroxylation is 1. The van der Waals surface area contributed by atoms with Crippen LogP contribution in [0.15, 0.2) is 18.2 Å². The van der Waals surface area contributed by atoms with E-state index < -0.39 is 5.97 Å². The maximum atomic E-state index is 11.5. The molecule has 2 N–H and O–H groups in total. The van der Waals surface area contributed by atoms with Crippen molar-refractivity contribution < 1.29 is 9.90 Å². The van der Waals surface area contributed by atoms with Crippen molar-refractivity contribution in [3.05, 3.63) is 29.3 Å². The number of nitriles is 1. The molecule has 0 saturated heterocycles. The first kappa shape index (κ1) is 13.0. The molecule has 2 bridgehead atoms. The molecule has 2 aliphatic carbocycles. The molecule has 4 atom stereocenters. The zero-order valence-electron chi connectivity index (χ0n) is 11.5. The van der Waals surface area contributed by atoms with E-state index in [1.54, 1.807) is 6.07 Å². The third-order valence-corrected chi connectivity index (χ3v) is 4.82. The Hall–Kier alpha value is -2.02. The van der Waals surface area contributed by atoms with Crippen LogP contribution in [0.1, 0.15) is 30.4 Å². The van der Waals surface area contributed by atoms with Gasteiger partial charge in [0.1, 0.15) is 6.07 Å². The number of rotatable bonds is 3. The fraction of sp³-hybridized carbons (Fsp3) is 0.500. The van der Waals surface area contributed by atoms with Crippen molar-refractivity contribution in [3.63, 3.8) is 0 Å². The Bertz CT molecular complexity index is 591. The number of carbonyl (C=O) groups is 1. The zero-order chi connectivity index (χ0) is 14.3. The molecule has 2 saturated carbocycles. The summed E-state index contributed by atoms with van der Waals surface area (Å²) in [4.78, 5) is 11.5. The van der Waals surface area contributed by atoms with Gasteiger partial charge >= 0.3 is 5.97 Å². The van der Waals surface area contributed by atoms with Crippen molar-refractivity contribution in [3.8, 4) is 6.07 Å². The summed E-state index contributed by atoms with van der Waals surface area (Å²) in [5, 5.41) is 22.0. The second kappa shape index (κ2) is 4.82. The molecule has 0 aromatic heterocycles. The lowest BCUT2D eigenvalue weighted by atomic mass is 9.84. The summed E-state index contributed by atoms with van der Waals surface area (Å²) in [6.07, 6.45) is 3.13. The van der Waals surface area contributed by atoms with Gasteiger partial charge in [0, 0.05) is 6.04 Å². The minimum absolute atomic E-state index is 0.0415. The molecule has 20 heavy (non-hydrogen) atoms. The van der Waals surface area contributed by atoms with E-state index in [0.717, 1.165) is 30.5 Å². The van der Waals surface area contributed by atoms with E-state index >= 15 is 0 Å². The van der Waals surface area contributed by atoms with E-state index in [4.69, 9.17) is 0 Å². The summed E-state index contributed by atoms with van der Waals surface area (Å²) in [5.74, 6) is -0.305. The number of hydrogen-bond donors (Lipinski definition) is 2. The quantitative estimate of drug-likeness (QED) is 0.885. The van der Waals surface area contributed by atoms with Crippen molar-refractivity contribution in [1.29, 1.82) is 5.26 Å². The van der Waals surface area contributed by atoms with E-state index in [-0.39, 0.29) is 12.0 Å². The lowest BCUT2D eigenvalue weighted by Crippen LogP contribution is -2.39. The van der Waals surface area contributed by atoms with Gasteiger partial charge in [-0.1, -0.05) is 6.07 Å². The third-order valence-electron chi connectivity index (χ3n) is 4.82. The average molecular weight is 270 g/mol. The molecule has 0 radical (unpaired) electrons. The monoisotopic (exact) mass is 270 g/mol. The maximum absolute atomic E-state index is 11.5. The van der Waals surface area contributed by atoms with E-state index in [1.165, 1.54) is 0 Å². The van der Waals surface area contributed by atoms with E-state index in [9.17, 15) is 15.2 Å². The number of anilines is 1. The molecule has 1 aromatic rings. The summed E-state index contributed by atoms with van der Waals surface area (Å²) in [7, 11) is 0. The van der Waals surface area contributed by atoms with Gasteiger partial charge in [0.25, 0.3) is 0 Å². The van der Waals surface area contributed by atoms with Crippen LogP contribution in [0.25, 0.3) is 0 Å². The highest BCUT2D eigenvalue weighted by molar-refractivity contribution is 5.73. The van der Waals surface area contributed by atoms with Crippen molar-refractivity contribution in [2.24, 2.45) is 17.8 Å². The van der Waals surface area contributed by atoms with Crippen LogP contribution in [0.5, 0.6) is 0 Å². The van der Waals surface area contributed by atoms with Crippen LogP contribution in [-0.4, -0.2) is 17.1 Å². The first-order chi connectivity index (χ1) is 9.60. The SMILES string of the molecule is Cc1ccc(C#N)c(NC2C3CCC(C3)C2C(=O)O)c1. The van der Waals surface area contributed by atoms with Gasteiger partial charge in [-0.3, -0.25) is 4.79 Å². The lowest BCUT2D eigenvalue weighted by molar-refractivity contribution is -0.143. The number of fused-ring (bicyclic) bond motifs is 2. The molecular weight excluding hydrogens is 252 g/mol. The summed E-state index contributed by atoms with van der Waals surface area (Å²) >= 11 is 0. The van der Waals surface area contributed by atoms with Gasteiger partial charge in [-0.05, 0) is 55.7 Å². The van der Waals surface area contributed by atoms with Crippen LogP contribution in [-0.2, 0) is 4.79 Å². The summed E-state index contributed by atoms with van der Waals surface area (Å²) in [6.45, 7) is 1.97. The van der Waals surface area contributed by atoms with E-state index in [2.05, 4.69) is 11.4 Å². The van der Waals surface area contributed by atoms with Crippen molar-refractivity contribution >= 4 is 11.7 Å². The number of nitrogens with one attached hydrogen (secondary N) is 1. The van der Waals surface area contributed by atoms with Crippen LogP contribution in [0.2, 0.25) is 0 Å². The fourth-order valence-corrected chi connectivity index (χ4v) is 3.91. The first-order valence-corrected chi connectivity index (χ1v) is 7.10. The molecule has 1 aromatic carbocycles. The van der Waals surface area contributed by atoms with Crippen molar-refractivity contribution in [2.45, 2.75) is 32.2 Å². The lowest BCUT2D eigenvalue weighted by Gasteiger charge is -2.30. The predicted octanol–water partition coefficient (Wildman–Crippen LogP) is 2.78. The van der Waals surface area contributed by atoms with Gasteiger partial charge < -0.3 is 10.4 Å². The number of nitrogens with zero attached hydrogens (tertiary/aromatic N) is 1. The number of aliphatic carboxylic acids is 1.